The Labute approximate surface area is 67.3 Å². The van der Waals surface area contributed by atoms with Gasteiger partial charge in [0.05, 0.1) is 0 Å². The van der Waals surface area contributed by atoms with Crippen molar-refractivity contribution in [3.63, 3.8) is 0 Å². The molecule has 1 rings (SSSR count). The zero-order valence-corrected chi connectivity index (χ0v) is 6.59. The van der Waals surface area contributed by atoms with Crippen molar-refractivity contribution < 1.29 is 11.0 Å². The van der Waals surface area contributed by atoms with Gasteiger partial charge in [-0.3, -0.25) is 0 Å². The minimum atomic E-state index is 0. The van der Waals surface area contributed by atoms with Gasteiger partial charge in [0.1, 0.15) is 0 Å². The Hall–Kier alpha value is -0.835. The Bertz CT molecular complexity index is 169. The van der Waals surface area contributed by atoms with E-state index < -0.39 is 0 Å². The topological polar surface area (TPSA) is 75.0 Å². The quantitative estimate of drug-likeness (QED) is 0.504. The third kappa shape index (κ3) is 4.55. The van der Waals surface area contributed by atoms with Crippen LogP contribution in [-0.2, 0) is 0 Å². The summed E-state index contributed by atoms with van der Waals surface area (Å²) in [6, 6.07) is 10.3. The fourth-order valence-electron chi connectivity index (χ4n) is 0.800. The molecule has 1 aromatic rings. The number of hydrogen-bond acceptors (Lipinski definition) is 1. The first kappa shape index (κ1) is 12.8. The molecule has 1 aromatic carbocycles. The molecule has 0 aromatic heterocycles. The van der Waals surface area contributed by atoms with E-state index in [1.807, 2.05) is 25.2 Å². The summed E-state index contributed by atoms with van der Waals surface area (Å²) in [6.45, 7) is 0. The molecule has 11 heavy (non-hydrogen) atoms. The Morgan fingerprint density at radius 3 is 2.09 bits per heavy atom. The van der Waals surface area contributed by atoms with Crippen LogP contribution in [0.25, 0.3) is 0 Å². The molecular weight excluding hydrogens is 141 g/mol. The summed E-state index contributed by atoms with van der Waals surface area (Å²) in [7, 11) is 2.91. The summed E-state index contributed by atoms with van der Waals surface area (Å²) in [5.41, 5.74) is 1.33. The third-order valence-corrected chi connectivity index (χ3v) is 1.22. The van der Waals surface area contributed by atoms with Crippen LogP contribution in [0.3, 0.4) is 0 Å². The summed E-state index contributed by atoms with van der Waals surface area (Å²) >= 11 is 0. The predicted molar refractivity (Wildman–Crippen MR) is 49.5 cm³/mol. The molecule has 0 bridgehead atoms. The highest BCUT2D eigenvalue weighted by Crippen LogP contribution is 1.78. The smallest absolute Gasteiger partial charge is 0.235 e. The lowest BCUT2D eigenvalue weighted by molar-refractivity contribution is 0.823. The molecule has 0 radical (unpaired) electrons. The molecule has 0 spiro atoms. The van der Waals surface area contributed by atoms with Gasteiger partial charge < -0.3 is 16.2 Å². The minimum Gasteiger partial charge on any atom is -0.412 e. The zero-order valence-electron chi connectivity index (χ0n) is 6.59. The second kappa shape index (κ2) is 7.27. The molecule has 5 N–H and O–H groups in total. The Balaban J connectivity index is 0. The zero-order chi connectivity index (χ0) is 6.53. The second-order valence-electron chi connectivity index (χ2n) is 2.02. The van der Waals surface area contributed by atoms with Crippen LogP contribution in [0.15, 0.2) is 30.3 Å². The van der Waals surface area contributed by atoms with Gasteiger partial charge in [0.15, 0.2) is 0 Å². The first-order valence-electron chi connectivity index (χ1n) is 3.12. The standard InChI is InChI=1S/C7H10BN.2H2O/c1-9-8-7-5-3-2-4-6-7;;/h2-6,8-9H,1H3;2*1H2. The third-order valence-electron chi connectivity index (χ3n) is 1.22. The lowest BCUT2D eigenvalue weighted by atomic mass is 9.84. The number of rotatable bonds is 2. The highest BCUT2D eigenvalue weighted by atomic mass is 16.0. The van der Waals surface area contributed by atoms with Crippen LogP contribution in [0.4, 0.5) is 0 Å². The van der Waals surface area contributed by atoms with Gasteiger partial charge in [-0.2, -0.15) is 0 Å². The molecule has 0 aliphatic rings. The minimum absolute atomic E-state index is 0. The van der Waals surface area contributed by atoms with Gasteiger partial charge in [0, 0.05) is 0 Å². The molecule has 4 heteroatoms. The van der Waals surface area contributed by atoms with E-state index >= 15 is 0 Å². The maximum absolute atomic E-state index is 3.08. The molecule has 3 nitrogen and oxygen atoms in total. The van der Waals surface area contributed by atoms with E-state index in [2.05, 4.69) is 17.4 Å². The van der Waals surface area contributed by atoms with E-state index in [1.54, 1.807) is 0 Å². The van der Waals surface area contributed by atoms with Gasteiger partial charge in [-0.1, -0.05) is 35.8 Å². The van der Waals surface area contributed by atoms with E-state index in [4.69, 9.17) is 0 Å². The van der Waals surface area contributed by atoms with Crippen molar-refractivity contribution in [1.82, 2.24) is 5.23 Å². The van der Waals surface area contributed by atoms with Gasteiger partial charge in [-0.15, -0.1) is 0 Å². The van der Waals surface area contributed by atoms with E-state index in [0.29, 0.717) is 0 Å². The lowest BCUT2D eigenvalue weighted by Crippen LogP contribution is -2.26. The summed E-state index contributed by atoms with van der Waals surface area (Å²) < 4.78 is 0. The lowest BCUT2D eigenvalue weighted by Gasteiger charge is -1.93. The summed E-state index contributed by atoms with van der Waals surface area (Å²) in [4.78, 5) is 0. The van der Waals surface area contributed by atoms with Gasteiger partial charge in [0.2, 0.25) is 7.41 Å². The maximum Gasteiger partial charge on any atom is 0.235 e. The Kier molecular flexibility index (Phi) is 8.47. The Morgan fingerprint density at radius 2 is 1.64 bits per heavy atom. The van der Waals surface area contributed by atoms with E-state index in [1.165, 1.54) is 5.46 Å². The average Bonchev–Trinajstić information content (AvgIpc) is 1.91. The van der Waals surface area contributed by atoms with Gasteiger partial charge in [0.25, 0.3) is 0 Å². The molecule has 0 amide bonds. The van der Waals surface area contributed by atoms with Crippen LogP contribution < -0.4 is 10.7 Å². The molecule has 62 valence electrons. The summed E-state index contributed by atoms with van der Waals surface area (Å²) in [6.07, 6.45) is 0. The van der Waals surface area contributed by atoms with Crippen molar-refractivity contribution in [1.29, 1.82) is 0 Å². The highest BCUT2D eigenvalue weighted by Gasteiger charge is 1.87. The van der Waals surface area contributed by atoms with Crippen molar-refractivity contribution >= 4 is 12.9 Å². The van der Waals surface area contributed by atoms with E-state index in [0.717, 1.165) is 7.41 Å². The molecule has 0 unspecified atom stereocenters. The normalized spacial score (nSPS) is 7.36. The van der Waals surface area contributed by atoms with E-state index in [-0.39, 0.29) is 11.0 Å². The number of hydrogen-bond donors (Lipinski definition) is 1. The molecule has 0 aliphatic heterocycles. The Morgan fingerprint density at radius 1 is 1.09 bits per heavy atom. The number of nitrogens with one attached hydrogen (secondary N) is 1. The molecule has 0 heterocycles. The van der Waals surface area contributed by atoms with Crippen molar-refractivity contribution in [2.24, 2.45) is 0 Å². The van der Waals surface area contributed by atoms with Crippen LogP contribution in [-0.4, -0.2) is 25.4 Å². The highest BCUT2D eigenvalue weighted by molar-refractivity contribution is 6.50. The van der Waals surface area contributed by atoms with E-state index in [9.17, 15) is 0 Å². The molecule has 0 saturated heterocycles. The molecular formula is C7H14BNO2. The van der Waals surface area contributed by atoms with Crippen LogP contribution in [0.1, 0.15) is 0 Å². The summed E-state index contributed by atoms with van der Waals surface area (Å²) in [5.74, 6) is 0. The molecule has 0 aliphatic carbocycles. The first-order chi connectivity index (χ1) is 4.43. The predicted octanol–water partition coefficient (Wildman–Crippen LogP) is -1.77. The van der Waals surface area contributed by atoms with Crippen molar-refractivity contribution in [3.8, 4) is 0 Å². The fourth-order valence-corrected chi connectivity index (χ4v) is 0.800. The average molecular weight is 155 g/mol. The fraction of sp³-hybridized carbons (Fsp3) is 0.143. The molecule has 0 fully saturated rings. The number of benzene rings is 1. The largest absolute Gasteiger partial charge is 0.412 e. The van der Waals surface area contributed by atoms with Crippen LogP contribution in [0.5, 0.6) is 0 Å². The van der Waals surface area contributed by atoms with Crippen molar-refractivity contribution in [3.05, 3.63) is 30.3 Å². The SMILES string of the molecule is CNBc1ccccc1.O.O. The van der Waals surface area contributed by atoms with Crippen LogP contribution in [0.2, 0.25) is 0 Å². The van der Waals surface area contributed by atoms with Gasteiger partial charge in [-0.25, -0.2) is 0 Å². The van der Waals surface area contributed by atoms with Crippen molar-refractivity contribution in [2.75, 3.05) is 7.05 Å². The monoisotopic (exact) mass is 155 g/mol. The van der Waals surface area contributed by atoms with Gasteiger partial charge in [-0.05, 0) is 7.05 Å². The van der Waals surface area contributed by atoms with Gasteiger partial charge >= 0.3 is 0 Å². The maximum atomic E-state index is 3.08. The second-order valence-corrected chi connectivity index (χ2v) is 2.02. The van der Waals surface area contributed by atoms with Crippen molar-refractivity contribution in [2.45, 2.75) is 0 Å². The molecule has 0 saturated carbocycles. The molecule has 0 atom stereocenters. The summed E-state index contributed by atoms with van der Waals surface area (Å²) in [5, 5.41) is 3.08. The first-order valence-corrected chi connectivity index (χ1v) is 3.12. The van der Waals surface area contributed by atoms with Crippen LogP contribution >= 0.6 is 0 Å². The van der Waals surface area contributed by atoms with Crippen LogP contribution in [0, 0.1) is 0 Å².